The number of carbonyl (C=O) groups excluding carboxylic acids is 1. The summed E-state index contributed by atoms with van der Waals surface area (Å²) in [6, 6.07) is 16.9. The predicted octanol–water partition coefficient (Wildman–Crippen LogP) is 2.21. The number of fused-ring (bicyclic) bond motifs is 3. The zero-order chi connectivity index (χ0) is 22.9. The number of nitrogens with zero attached hydrogens (tertiary/aromatic N) is 3. The van der Waals surface area contributed by atoms with Crippen molar-refractivity contribution in [3.63, 3.8) is 0 Å². The second kappa shape index (κ2) is 8.92. The summed E-state index contributed by atoms with van der Waals surface area (Å²) >= 11 is 0. The zero-order valence-corrected chi connectivity index (χ0v) is 18.6. The zero-order valence-electron chi connectivity index (χ0n) is 18.6. The van der Waals surface area contributed by atoms with Gasteiger partial charge < -0.3 is 15.0 Å². The minimum absolute atomic E-state index is 0.00261. The number of hydrogen-bond acceptors (Lipinski definition) is 5. The third-order valence-electron chi connectivity index (χ3n) is 7.13. The third kappa shape index (κ3) is 3.67. The summed E-state index contributed by atoms with van der Waals surface area (Å²) in [5, 5.41) is 13.4. The number of likely N-dealkylation sites (N-methyl/N-ethyl adjacent to an activating group) is 1. The molecule has 1 fully saturated rings. The van der Waals surface area contributed by atoms with E-state index in [1.165, 1.54) is 0 Å². The summed E-state index contributed by atoms with van der Waals surface area (Å²) in [6.07, 6.45) is 3.36. The second-order valence-corrected chi connectivity index (χ2v) is 8.76. The molecule has 1 amide bonds. The van der Waals surface area contributed by atoms with E-state index in [2.05, 4.69) is 15.2 Å². The topological polar surface area (TPSA) is 87.5 Å². The Balaban J connectivity index is 1.44. The highest BCUT2D eigenvalue weighted by Crippen LogP contribution is 2.49. The summed E-state index contributed by atoms with van der Waals surface area (Å²) in [5.41, 5.74) is 3.40. The molecular weight excluding hydrogens is 416 g/mol. The van der Waals surface area contributed by atoms with Crippen LogP contribution in [-0.4, -0.2) is 44.7 Å². The van der Waals surface area contributed by atoms with E-state index in [-0.39, 0.29) is 36.0 Å². The molecule has 0 saturated carbocycles. The van der Waals surface area contributed by atoms with Crippen molar-refractivity contribution in [2.24, 2.45) is 11.8 Å². The molecule has 33 heavy (non-hydrogen) atoms. The van der Waals surface area contributed by atoms with Gasteiger partial charge in [-0.15, -0.1) is 0 Å². The highest BCUT2D eigenvalue weighted by Gasteiger charge is 2.54. The molecule has 4 atom stereocenters. The predicted molar refractivity (Wildman–Crippen MR) is 125 cm³/mol. The third-order valence-corrected chi connectivity index (χ3v) is 7.13. The van der Waals surface area contributed by atoms with Crippen molar-refractivity contribution in [3.8, 4) is 11.1 Å². The molecule has 4 heterocycles. The van der Waals surface area contributed by atoms with Crippen LogP contribution in [0, 0.1) is 11.8 Å². The molecule has 0 spiro atoms. The van der Waals surface area contributed by atoms with Gasteiger partial charge in [-0.25, -0.2) is 0 Å². The number of amides is 1. The summed E-state index contributed by atoms with van der Waals surface area (Å²) in [6.45, 7) is 3.54. The van der Waals surface area contributed by atoms with Gasteiger partial charge in [0.2, 0.25) is 5.91 Å². The molecule has 7 nitrogen and oxygen atoms in total. The SMILES string of the molecule is CCN1[C@@H]2c3ccc(-c4ccncc4)c(=O)n3C[C@@H]2[C@@H](CO)[C@@H]1C(=O)NCc1ccccc1. The van der Waals surface area contributed by atoms with Crippen LogP contribution >= 0.6 is 0 Å². The summed E-state index contributed by atoms with van der Waals surface area (Å²) < 4.78 is 1.83. The van der Waals surface area contributed by atoms with E-state index in [0.29, 0.717) is 25.2 Å². The Morgan fingerprint density at radius 1 is 1.12 bits per heavy atom. The number of hydrogen-bond donors (Lipinski definition) is 2. The highest BCUT2D eigenvalue weighted by molar-refractivity contribution is 5.82. The van der Waals surface area contributed by atoms with Crippen LogP contribution in [0.3, 0.4) is 0 Å². The summed E-state index contributed by atoms with van der Waals surface area (Å²) in [4.78, 5) is 32.8. The van der Waals surface area contributed by atoms with Crippen LogP contribution in [0.1, 0.15) is 24.2 Å². The van der Waals surface area contributed by atoms with E-state index in [4.69, 9.17) is 0 Å². The second-order valence-electron chi connectivity index (χ2n) is 8.76. The molecule has 2 N–H and O–H groups in total. The Kier molecular flexibility index (Phi) is 5.83. The first kappa shape index (κ1) is 21.6. The van der Waals surface area contributed by atoms with Crippen LogP contribution in [0.2, 0.25) is 0 Å². The number of aromatic nitrogens is 2. The number of aliphatic hydroxyl groups is 1. The lowest BCUT2D eigenvalue weighted by Crippen LogP contribution is -2.48. The van der Waals surface area contributed by atoms with Gasteiger partial charge in [0.05, 0.1) is 12.1 Å². The van der Waals surface area contributed by atoms with Gasteiger partial charge in [0.25, 0.3) is 5.56 Å². The van der Waals surface area contributed by atoms with Crippen LogP contribution in [-0.2, 0) is 17.9 Å². The van der Waals surface area contributed by atoms with Gasteiger partial charge in [0.15, 0.2) is 0 Å². The van der Waals surface area contributed by atoms with Gasteiger partial charge in [-0.1, -0.05) is 37.3 Å². The van der Waals surface area contributed by atoms with Crippen LogP contribution < -0.4 is 10.9 Å². The Morgan fingerprint density at radius 3 is 2.58 bits per heavy atom. The molecule has 1 aromatic carbocycles. The van der Waals surface area contributed by atoms with Gasteiger partial charge in [-0.2, -0.15) is 0 Å². The van der Waals surface area contributed by atoms with Crippen molar-refractivity contribution in [1.82, 2.24) is 19.8 Å². The van der Waals surface area contributed by atoms with Crippen LogP contribution in [0.5, 0.6) is 0 Å². The van der Waals surface area contributed by atoms with Crippen molar-refractivity contribution in [3.05, 3.63) is 88.6 Å². The maximum absolute atomic E-state index is 13.3. The summed E-state index contributed by atoms with van der Waals surface area (Å²) in [7, 11) is 0. The molecule has 170 valence electrons. The molecule has 3 aromatic rings. The van der Waals surface area contributed by atoms with E-state index < -0.39 is 6.04 Å². The molecular formula is C26H28N4O3. The maximum Gasteiger partial charge on any atom is 0.258 e. The number of pyridine rings is 2. The fourth-order valence-corrected chi connectivity index (χ4v) is 5.62. The van der Waals surface area contributed by atoms with E-state index in [9.17, 15) is 14.7 Å². The largest absolute Gasteiger partial charge is 0.396 e. The lowest BCUT2D eigenvalue weighted by atomic mass is 9.88. The molecule has 0 unspecified atom stereocenters. The first-order valence-electron chi connectivity index (χ1n) is 11.5. The lowest BCUT2D eigenvalue weighted by molar-refractivity contribution is -0.127. The summed E-state index contributed by atoms with van der Waals surface area (Å²) in [5.74, 6) is -0.311. The average molecular weight is 445 g/mol. The lowest BCUT2D eigenvalue weighted by Gasteiger charge is -2.29. The Morgan fingerprint density at radius 2 is 1.88 bits per heavy atom. The number of aliphatic hydroxyl groups excluding tert-OH is 1. The van der Waals surface area contributed by atoms with Gasteiger partial charge in [-0.05, 0) is 41.9 Å². The van der Waals surface area contributed by atoms with Gasteiger partial charge in [0.1, 0.15) is 0 Å². The van der Waals surface area contributed by atoms with Gasteiger partial charge in [-0.3, -0.25) is 19.5 Å². The standard InChI is InChI=1S/C26H28N4O3/c1-2-29-23-20(21(16-31)24(29)25(32)28-14-17-6-4-3-5-7-17)15-30-22(23)9-8-19(26(30)33)18-10-12-27-13-11-18/h3-13,20-21,23-24,31H,2,14-16H2,1H3,(H,28,32)/t20-,21-,23+,24-/m1/s1. The van der Waals surface area contributed by atoms with Crippen LogP contribution in [0.15, 0.2) is 71.8 Å². The first-order valence-corrected chi connectivity index (χ1v) is 11.5. The van der Waals surface area contributed by atoms with Gasteiger partial charge in [0, 0.05) is 55.2 Å². The van der Waals surface area contributed by atoms with Gasteiger partial charge >= 0.3 is 0 Å². The average Bonchev–Trinajstić information content (AvgIpc) is 3.38. The van der Waals surface area contributed by atoms with E-state index in [1.54, 1.807) is 12.4 Å². The molecule has 2 aliphatic heterocycles. The number of likely N-dealkylation sites (tertiary alicyclic amines) is 1. The van der Waals surface area contributed by atoms with Crippen LogP contribution in [0.25, 0.3) is 11.1 Å². The fourth-order valence-electron chi connectivity index (χ4n) is 5.62. The Labute approximate surface area is 192 Å². The first-order chi connectivity index (χ1) is 16.1. The maximum atomic E-state index is 13.3. The Hall–Kier alpha value is -3.29. The minimum atomic E-state index is -0.428. The van der Waals surface area contributed by atoms with E-state index in [0.717, 1.165) is 16.8 Å². The monoisotopic (exact) mass is 444 g/mol. The van der Waals surface area contributed by atoms with E-state index >= 15 is 0 Å². The number of carbonyl (C=O) groups is 1. The number of rotatable bonds is 6. The van der Waals surface area contributed by atoms with Crippen LogP contribution in [0.4, 0.5) is 0 Å². The van der Waals surface area contributed by atoms with Crippen molar-refractivity contribution in [1.29, 1.82) is 0 Å². The quantitative estimate of drug-likeness (QED) is 0.609. The molecule has 2 aliphatic rings. The van der Waals surface area contributed by atoms with Crippen molar-refractivity contribution < 1.29 is 9.90 Å². The number of benzene rings is 1. The molecule has 2 aromatic heterocycles. The fraction of sp³-hybridized carbons (Fsp3) is 0.346. The normalized spacial score (nSPS) is 23.8. The molecule has 5 rings (SSSR count). The molecule has 0 aliphatic carbocycles. The Bertz CT molecular complexity index is 1200. The van der Waals surface area contributed by atoms with Crippen molar-refractivity contribution >= 4 is 5.91 Å². The molecule has 7 heteroatoms. The van der Waals surface area contributed by atoms with Crippen molar-refractivity contribution in [2.75, 3.05) is 13.2 Å². The molecule has 0 bridgehead atoms. The highest BCUT2D eigenvalue weighted by atomic mass is 16.3. The van der Waals surface area contributed by atoms with Crippen molar-refractivity contribution in [2.45, 2.75) is 32.1 Å². The number of nitrogens with one attached hydrogen (secondary N) is 1. The molecule has 1 saturated heterocycles. The minimum Gasteiger partial charge on any atom is -0.396 e. The molecule has 0 radical (unpaired) electrons. The smallest absolute Gasteiger partial charge is 0.258 e. The van der Waals surface area contributed by atoms with E-state index in [1.807, 2.05) is 66.1 Å².